The van der Waals surface area contributed by atoms with Gasteiger partial charge in [-0.05, 0) is 18.2 Å². The molecule has 1 saturated heterocycles. The highest BCUT2D eigenvalue weighted by atomic mass is 19.1. The van der Waals surface area contributed by atoms with Crippen LogP contribution in [0.2, 0.25) is 0 Å². The summed E-state index contributed by atoms with van der Waals surface area (Å²) >= 11 is 0. The van der Waals surface area contributed by atoms with E-state index in [0.29, 0.717) is 24.5 Å². The van der Waals surface area contributed by atoms with Gasteiger partial charge in [0.2, 0.25) is 5.91 Å². The smallest absolute Gasteiger partial charge is 0.416 e. The van der Waals surface area contributed by atoms with Crippen LogP contribution in [0.4, 0.5) is 20.6 Å². The molecule has 2 aliphatic heterocycles. The molecule has 2 heterocycles. The number of nitrogens with one attached hydrogen (secondary N) is 1. The number of rotatable bonds is 3. The fraction of sp³-hybridized carbons (Fsp3) is 0.400. The van der Waals surface area contributed by atoms with Gasteiger partial charge in [0.05, 0.1) is 24.5 Å². The number of nitrogens with zero attached hydrogens (tertiary/aromatic N) is 4. The maximum Gasteiger partial charge on any atom is 0.416 e. The van der Waals surface area contributed by atoms with E-state index in [9.17, 15) is 14.0 Å². The monoisotopic (exact) mass is 335 g/mol. The second kappa shape index (κ2) is 6.34. The zero-order chi connectivity index (χ0) is 17.3. The minimum absolute atomic E-state index is 0.132. The van der Waals surface area contributed by atoms with Gasteiger partial charge in [-0.3, -0.25) is 14.7 Å². The number of carbonyl (C=O) groups is 2. The second-order valence-corrected chi connectivity index (χ2v) is 5.62. The maximum atomic E-state index is 14.5. The highest BCUT2D eigenvalue weighted by Gasteiger charge is 2.33. The van der Waals surface area contributed by atoms with Gasteiger partial charge in [-0.25, -0.2) is 9.18 Å². The number of ether oxygens (including phenoxy) is 1. The van der Waals surface area contributed by atoms with Crippen molar-refractivity contribution in [1.29, 1.82) is 0 Å². The summed E-state index contributed by atoms with van der Waals surface area (Å²) in [5, 5.41) is 8.40. The predicted molar refractivity (Wildman–Crippen MR) is 86.3 cm³/mol. The van der Waals surface area contributed by atoms with Crippen LogP contribution in [0.5, 0.6) is 0 Å². The number of amides is 2. The quantitative estimate of drug-likeness (QED) is 0.889. The molecule has 8 nitrogen and oxygen atoms in total. The largest absolute Gasteiger partial charge is 0.423 e. The second-order valence-electron chi connectivity index (χ2n) is 5.62. The van der Waals surface area contributed by atoms with Crippen molar-refractivity contribution in [1.82, 2.24) is 10.3 Å². The fourth-order valence-corrected chi connectivity index (χ4v) is 2.57. The topological polar surface area (TPSA) is 77.5 Å². The van der Waals surface area contributed by atoms with Crippen LogP contribution < -0.4 is 15.1 Å². The standard InChI is InChI=1S/C15H18FN5O3/c1-10(22)18-14-8-21(15(23)24-14)11-3-4-13(12(16)7-11)20-6-5-19(2)17-9-20/h3-4,7,9,14H,5-6,8H2,1-2H3,(H,18,22)/t14-/m1/s1. The molecular formula is C15H18FN5O3. The van der Waals surface area contributed by atoms with Crippen molar-refractivity contribution in [3.63, 3.8) is 0 Å². The van der Waals surface area contributed by atoms with Gasteiger partial charge in [0, 0.05) is 20.5 Å². The molecule has 3 rings (SSSR count). The van der Waals surface area contributed by atoms with Gasteiger partial charge in [0.1, 0.15) is 12.2 Å². The van der Waals surface area contributed by atoms with Gasteiger partial charge in [-0.15, -0.1) is 0 Å². The molecule has 2 amide bonds. The number of likely N-dealkylation sites (N-methyl/N-ethyl adjacent to an activating group) is 1. The first-order valence-corrected chi connectivity index (χ1v) is 7.51. The number of hydrogen-bond donors (Lipinski definition) is 1. The molecule has 2 aliphatic rings. The Hall–Kier alpha value is -2.84. The molecule has 0 saturated carbocycles. The number of anilines is 2. The van der Waals surface area contributed by atoms with Crippen LogP contribution in [0.15, 0.2) is 23.3 Å². The predicted octanol–water partition coefficient (Wildman–Crippen LogP) is 0.940. The molecule has 0 aromatic heterocycles. The van der Waals surface area contributed by atoms with Gasteiger partial charge in [0.15, 0.2) is 6.23 Å². The third-order valence-corrected chi connectivity index (χ3v) is 3.78. The van der Waals surface area contributed by atoms with E-state index in [1.165, 1.54) is 17.9 Å². The molecular weight excluding hydrogens is 317 g/mol. The maximum absolute atomic E-state index is 14.5. The lowest BCUT2D eigenvalue weighted by Crippen LogP contribution is -2.37. The SMILES string of the molecule is CC(=O)N[C@H]1CN(c2ccc(N3C=NN(C)CC3)c(F)c2)C(=O)O1. The Morgan fingerprint density at radius 3 is 2.83 bits per heavy atom. The Morgan fingerprint density at radius 1 is 1.42 bits per heavy atom. The van der Waals surface area contributed by atoms with E-state index < -0.39 is 18.1 Å². The van der Waals surface area contributed by atoms with Crippen molar-refractivity contribution in [2.45, 2.75) is 13.2 Å². The molecule has 1 atom stereocenters. The molecule has 1 aromatic carbocycles. The lowest BCUT2D eigenvalue weighted by Gasteiger charge is -2.28. The van der Waals surface area contributed by atoms with Crippen molar-refractivity contribution in [3.05, 3.63) is 24.0 Å². The molecule has 0 radical (unpaired) electrons. The molecule has 1 N–H and O–H groups in total. The fourth-order valence-electron chi connectivity index (χ4n) is 2.57. The van der Waals surface area contributed by atoms with Gasteiger partial charge in [0.25, 0.3) is 0 Å². The van der Waals surface area contributed by atoms with E-state index in [0.717, 1.165) is 0 Å². The van der Waals surface area contributed by atoms with E-state index in [4.69, 9.17) is 4.74 Å². The summed E-state index contributed by atoms with van der Waals surface area (Å²) in [6.07, 6.45) is 0.211. The van der Waals surface area contributed by atoms with E-state index in [2.05, 4.69) is 10.4 Å². The number of hydrazone groups is 1. The summed E-state index contributed by atoms with van der Waals surface area (Å²) in [5.41, 5.74) is 0.766. The summed E-state index contributed by atoms with van der Waals surface area (Å²) in [6.45, 7) is 2.77. The van der Waals surface area contributed by atoms with Crippen LogP contribution in [-0.4, -0.2) is 56.3 Å². The molecule has 9 heteroatoms. The molecule has 1 fully saturated rings. The lowest BCUT2D eigenvalue weighted by molar-refractivity contribution is -0.121. The first-order valence-electron chi connectivity index (χ1n) is 7.51. The number of benzene rings is 1. The summed E-state index contributed by atoms with van der Waals surface area (Å²) in [6, 6.07) is 4.52. The van der Waals surface area contributed by atoms with E-state index in [1.807, 2.05) is 7.05 Å². The molecule has 0 spiro atoms. The van der Waals surface area contributed by atoms with Crippen LogP contribution >= 0.6 is 0 Å². The summed E-state index contributed by atoms with van der Waals surface area (Å²) in [4.78, 5) is 25.9. The lowest BCUT2D eigenvalue weighted by atomic mass is 10.2. The highest BCUT2D eigenvalue weighted by molar-refractivity contribution is 5.91. The van der Waals surface area contributed by atoms with Gasteiger partial charge in [-0.2, -0.15) is 5.10 Å². The Bertz CT molecular complexity index is 696. The van der Waals surface area contributed by atoms with Crippen molar-refractivity contribution < 1.29 is 18.7 Å². The van der Waals surface area contributed by atoms with Crippen molar-refractivity contribution in [3.8, 4) is 0 Å². The summed E-state index contributed by atoms with van der Waals surface area (Å²) < 4.78 is 19.5. The van der Waals surface area contributed by atoms with Gasteiger partial charge < -0.3 is 15.0 Å². The van der Waals surface area contributed by atoms with Crippen molar-refractivity contribution in [2.24, 2.45) is 5.10 Å². The van der Waals surface area contributed by atoms with E-state index in [1.54, 1.807) is 28.4 Å². The van der Waals surface area contributed by atoms with E-state index >= 15 is 0 Å². The molecule has 0 bridgehead atoms. The van der Waals surface area contributed by atoms with Crippen LogP contribution in [0.1, 0.15) is 6.92 Å². The van der Waals surface area contributed by atoms with Crippen LogP contribution in [0.25, 0.3) is 0 Å². The van der Waals surface area contributed by atoms with Gasteiger partial charge >= 0.3 is 6.09 Å². The Morgan fingerprint density at radius 2 is 2.21 bits per heavy atom. The average molecular weight is 335 g/mol. The van der Waals surface area contributed by atoms with Crippen LogP contribution in [-0.2, 0) is 9.53 Å². The van der Waals surface area contributed by atoms with Gasteiger partial charge in [-0.1, -0.05) is 0 Å². The van der Waals surface area contributed by atoms with Crippen molar-refractivity contribution >= 4 is 29.7 Å². The first kappa shape index (κ1) is 16.0. The normalized spacial score (nSPS) is 20.4. The zero-order valence-corrected chi connectivity index (χ0v) is 13.4. The van der Waals surface area contributed by atoms with Crippen LogP contribution in [0.3, 0.4) is 0 Å². The molecule has 0 aliphatic carbocycles. The third kappa shape index (κ3) is 3.24. The minimum atomic E-state index is -0.734. The van der Waals surface area contributed by atoms with Crippen LogP contribution in [0, 0.1) is 5.82 Å². The van der Waals surface area contributed by atoms with E-state index in [-0.39, 0.29) is 12.5 Å². The molecule has 1 aromatic rings. The molecule has 24 heavy (non-hydrogen) atoms. The highest BCUT2D eigenvalue weighted by Crippen LogP contribution is 2.27. The Balaban J connectivity index is 1.76. The van der Waals surface area contributed by atoms with Crippen molar-refractivity contribution in [2.75, 3.05) is 36.5 Å². The number of hydrogen-bond acceptors (Lipinski definition) is 6. The molecule has 128 valence electrons. The first-order chi connectivity index (χ1) is 11.4. The molecule has 0 unspecified atom stereocenters. The Kier molecular flexibility index (Phi) is 4.24. The third-order valence-electron chi connectivity index (χ3n) is 3.78. The number of cyclic esters (lactones) is 1. The zero-order valence-electron chi connectivity index (χ0n) is 13.4. The summed E-state index contributed by atoms with van der Waals surface area (Å²) in [7, 11) is 1.85. The number of carbonyl (C=O) groups excluding carboxylic acids is 2. The number of halogens is 1. The average Bonchev–Trinajstić information content (AvgIpc) is 2.88. The minimum Gasteiger partial charge on any atom is -0.423 e. The summed E-state index contributed by atoms with van der Waals surface area (Å²) in [5.74, 6) is -0.759. The Labute approximate surface area is 138 Å².